The van der Waals surface area contributed by atoms with E-state index in [1.807, 2.05) is 0 Å². The fourth-order valence-electron chi connectivity index (χ4n) is 1.83. The normalized spacial score (nSPS) is 13.4. The van der Waals surface area contributed by atoms with Gasteiger partial charge in [-0.05, 0) is 29.8 Å². The summed E-state index contributed by atoms with van der Waals surface area (Å²) < 4.78 is 67.0. The first-order valence-corrected chi connectivity index (χ1v) is 9.07. The smallest absolute Gasteiger partial charge is 0.168 e. The largest absolute Gasteiger partial charge is 0.755 e. The van der Waals surface area contributed by atoms with Crippen molar-refractivity contribution in [3.8, 4) is 11.5 Å². The highest BCUT2D eigenvalue weighted by atomic mass is 32.2. The van der Waals surface area contributed by atoms with Gasteiger partial charge in [-0.1, -0.05) is 6.07 Å². The molecule has 124 valence electrons. The van der Waals surface area contributed by atoms with Gasteiger partial charge in [0.1, 0.15) is 5.82 Å². The molecule has 2 aromatic rings. The minimum absolute atomic E-state index is 0.0164. The number of halogens is 2. The van der Waals surface area contributed by atoms with Gasteiger partial charge in [0, 0.05) is 40.1 Å². The molecule has 0 aliphatic carbocycles. The number of anilines is 1. The Morgan fingerprint density at radius 1 is 1.13 bits per heavy atom. The molecule has 1 N–H and O–H groups in total. The molecule has 2 atom stereocenters. The van der Waals surface area contributed by atoms with Crippen LogP contribution in [-0.4, -0.2) is 19.2 Å². The van der Waals surface area contributed by atoms with Crippen molar-refractivity contribution < 1.29 is 26.5 Å². The summed E-state index contributed by atoms with van der Waals surface area (Å²) in [4.78, 5) is 0. The Balaban J connectivity index is 2.39. The minimum Gasteiger partial charge on any atom is -0.755 e. The standard InChI is InChI=1S/C14H13F2NO4S2/c1-22(18)8-9-2-4-12(17-23(19)20)14(6-9)21-13-5-3-10(15)7-11(13)16/h2-7,17H,8H2,1H3,(H,19,20)/p-1. The average Bonchev–Trinajstić information content (AvgIpc) is 2.43. The van der Waals surface area contributed by atoms with Crippen LogP contribution in [0.25, 0.3) is 0 Å². The fraction of sp³-hybridized carbons (Fsp3) is 0.143. The summed E-state index contributed by atoms with van der Waals surface area (Å²) in [5.74, 6) is -1.71. The third kappa shape index (κ3) is 5.08. The molecule has 0 saturated heterocycles. The van der Waals surface area contributed by atoms with E-state index in [9.17, 15) is 21.8 Å². The van der Waals surface area contributed by atoms with Crippen LogP contribution in [-0.2, 0) is 27.8 Å². The van der Waals surface area contributed by atoms with Gasteiger partial charge in [-0.3, -0.25) is 8.42 Å². The molecule has 0 aromatic heterocycles. The van der Waals surface area contributed by atoms with E-state index in [2.05, 4.69) is 4.72 Å². The second-order valence-electron chi connectivity index (χ2n) is 4.56. The summed E-state index contributed by atoms with van der Waals surface area (Å²) >= 11 is -2.60. The summed E-state index contributed by atoms with van der Waals surface area (Å²) in [7, 11) is -1.12. The van der Waals surface area contributed by atoms with Gasteiger partial charge < -0.3 is 14.0 Å². The van der Waals surface area contributed by atoms with Crippen molar-refractivity contribution in [2.45, 2.75) is 5.75 Å². The van der Waals surface area contributed by atoms with E-state index < -0.39 is 33.7 Å². The molecule has 0 bridgehead atoms. The van der Waals surface area contributed by atoms with Gasteiger partial charge in [-0.15, -0.1) is 0 Å². The molecular weight excluding hydrogens is 348 g/mol. The van der Waals surface area contributed by atoms with Gasteiger partial charge >= 0.3 is 0 Å². The van der Waals surface area contributed by atoms with Crippen LogP contribution in [0.4, 0.5) is 14.5 Å². The zero-order chi connectivity index (χ0) is 17.0. The number of hydrogen-bond acceptors (Lipinski definition) is 4. The summed E-state index contributed by atoms with van der Waals surface area (Å²) in [5.41, 5.74) is 0.693. The molecule has 0 fully saturated rings. The Hall–Kier alpha value is -1.84. The summed E-state index contributed by atoms with van der Waals surface area (Å²) in [6.07, 6.45) is 1.51. The van der Waals surface area contributed by atoms with Gasteiger partial charge in [0.15, 0.2) is 17.3 Å². The number of rotatable bonds is 6. The summed E-state index contributed by atoms with van der Waals surface area (Å²) in [5, 5.41) is 0. The third-order valence-corrected chi connectivity index (χ3v) is 3.85. The maximum Gasteiger partial charge on any atom is 0.168 e. The maximum absolute atomic E-state index is 13.7. The van der Waals surface area contributed by atoms with E-state index >= 15 is 0 Å². The van der Waals surface area contributed by atoms with E-state index in [-0.39, 0.29) is 22.9 Å². The van der Waals surface area contributed by atoms with Crippen LogP contribution in [0.15, 0.2) is 36.4 Å². The van der Waals surface area contributed by atoms with E-state index in [1.165, 1.54) is 18.4 Å². The van der Waals surface area contributed by atoms with Crippen molar-refractivity contribution in [2.24, 2.45) is 0 Å². The Bertz CT molecular complexity index is 770. The van der Waals surface area contributed by atoms with E-state index in [0.717, 1.165) is 12.1 Å². The van der Waals surface area contributed by atoms with Crippen molar-refractivity contribution in [2.75, 3.05) is 11.0 Å². The number of hydrogen-bond donors (Lipinski definition) is 1. The molecule has 0 amide bonds. The zero-order valence-corrected chi connectivity index (χ0v) is 13.5. The van der Waals surface area contributed by atoms with Crippen LogP contribution in [0, 0.1) is 11.6 Å². The third-order valence-electron chi connectivity index (χ3n) is 2.72. The molecule has 5 nitrogen and oxygen atoms in total. The average molecular weight is 360 g/mol. The van der Waals surface area contributed by atoms with Crippen LogP contribution < -0.4 is 9.46 Å². The van der Waals surface area contributed by atoms with Crippen molar-refractivity contribution in [1.29, 1.82) is 0 Å². The van der Waals surface area contributed by atoms with Gasteiger partial charge in [0.05, 0.1) is 5.69 Å². The van der Waals surface area contributed by atoms with E-state index in [0.29, 0.717) is 11.6 Å². The Morgan fingerprint density at radius 3 is 2.48 bits per heavy atom. The van der Waals surface area contributed by atoms with E-state index in [1.54, 1.807) is 6.07 Å². The first-order valence-electron chi connectivity index (χ1n) is 6.27. The van der Waals surface area contributed by atoms with Crippen LogP contribution in [0.3, 0.4) is 0 Å². The number of ether oxygens (including phenoxy) is 1. The molecule has 0 heterocycles. The highest BCUT2D eigenvalue weighted by molar-refractivity contribution is 7.83. The second-order valence-corrected chi connectivity index (χ2v) is 6.67. The Kier molecular flexibility index (Phi) is 5.80. The van der Waals surface area contributed by atoms with Gasteiger partial charge in [-0.2, -0.15) is 0 Å². The molecule has 2 rings (SSSR count). The first-order chi connectivity index (χ1) is 10.8. The van der Waals surface area contributed by atoms with Crippen molar-refractivity contribution in [1.82, 2.24) is 0 Å². The van der Waals surface area contributed by atoms with Crippen LogP contribution >= 0.6 is 0 Å². The minimum atomic E-state index is -2.60. The lowest BCUT2D eigenvalue weighted by atomic mass is 10.2. The van der Waals surface area contributed by atoms with Crippen LogP contribution in [0.1, 0.15) is 5.56 Å². The predicted molar refractivity (Wildman–Crippen MR) is 83.2 cm³/mol. The van der Waals surface area contributed by atoms with Crippen LogP contribution in [0.5, 0.6) is 11.5 Å². The monoisotopic (exact) mass is 360 g/mol. The molecule has 2 aromatic carbocycles. The number of nitrogens with one attached hydrogen (secondary N) is 1. The molecule has 2 unspecified atom stereocenters. The maximum atomic E-state index is 13.7. The predicted octanol–water partition coefficient (Wildman–Crippen LogP) is 2.84. The summed E-state index contributed by atoms with van der Waals surface area (Å²) in [6, 6.07) is 7.19. The van der Waals surface area contributed by atoms with Crippen molar-refractivity contribution >= 4 is 27.8 Å². The van der Waals surface area contributed by atoms with Gasteiger partial charge in [0.2, 0.25) is 0 Å². The molecule has 0 spiro atoms. The molecule has 0 saturated carbocycles. The van der Waals surface area contributed by atoms with Crippen molar-refractivity contribution in [3.05, 3.63) is 53.6 Å². The Labute approximate surface area is 136 Å². The highest BCUT2D eigenvalue weighted by Crippen LogP contribution is 2.32. The lowest BCUT2D eigenvalue weighted by Crippen LogP contribution is -2.05. The second kappa shape index (κ2) is 7.62. The lowest BCUT2D eigenvalue weighted by Gasteiger charge is -2.15. The van der Waals surface area contributed by atoms with Gasteiger partial charge in [-0.25, -0.2) is 8.78 Å². The van der Waals surface area contributed by atoms with Crippen LogP contribution in [0.2, 0.25) is 0 Å². The molecule has 0 radical (unpaired) electrons. The van der Waals surface area contributed by atoms with Crippen molar-refractivity contribution in [3.63, 3.8) is 0 Å². The molecule has 0 aliphatic rings. The summed E-state index contributed by atoms with van der Waals surface area (Å²) in [6.45, 7) is 0. The number of benzene rings is 2. The molecular formula is C14H12F2NO4S2-. The quantitative estimate of drug-likeness (QED) is 0.804. The highest BCUT2D eigenvalue weighted by Gasteiger charge is 2.11. The first kappa shape index (κ1) is 17.5. The molecule has 23 heavy (non-hydrogen) atoms. The molecule has 0 aliphatic heterocycles. The van der Waals surface area contributed by atoms with Gasteiger partial charge in [0.25, 0.3) is 0 Å². The lowest BCUT2D eigenvalue weighted by molar-refractivity contribution is 0.439. The van der Waals surface area contributed by atoms with E-state index in [4.69, 9.17) is 4.74 Å². The SMILES string of the molecule is CS(=O)Cc1ccc(NS(=O)[O-])c(Oc2ccc(F)cc2F)c1. The fourth-order valence-corrected chi connectivity index (χ4v) is 2.82. The molecule has 9 heteroatoms. The Morgan fingerprint density at radius 2 is 1.87 bits per heavy atom. The topological polar surface area (TPSA) is 78.5 Å². The zero-order valence-electron chi connectivity index (χ0n) is 11.9.